The minimum Gasteiger partial charge on any atom is -0.440 e. The summed E-state index contributed by atoms with van der Waals surface area (Å²) in [6, 6.07) is 10.8. The average Bonchev–Trinajstić information content (AvgIpc) is 3.37. The lowest BCUT2D eigenvalue weighted by Gasteiger charge is -2.37. The Labute approximate surface area is 194 Å². The van der Waals surface area contributed by atoms with Crippen molar-refractivity contribution in [1.29, 1.82) is 0 Å². The Morgan fingerprint density at radius 1 is 0.969 bits per heavy atom. The van der Waals surface area contributed by atoms with Crippen molar-refractivity contribution in [3.8, 4) is 0 Å². The van der Waals surface area contributed by atoms with Gasteiger partial charge in [-0.15, -0.1) is 11.3 Å². The molecule has 0 bridgehead atoms. The second kappa shape index (κ2) is 8.38. The predicted octanol–water partition coefficient (Wildman–Crippen LogP) is 3.40. The number of carbonyl (C=O) groups excluding carboxylic acids is 3. The van der Waals surface area contributed by atoms with E-state index in [1.54, 1.807) is 26.8 Å². The van der Waals surface area contributed by atoms with Crippen molar-refractivity contribution in [3.05, 3.63) is 45.6 Å². The largest absolute Gasteiger partial charge is 0.440 e. The van der Waals surface area contributed by atoms with Gasteiger partial charge in [0.1, 0.15) is 12.2 Å². The zero-order chi connectivity index (χ0) is 22.3. The van der Waals surface area contributed by atoms with Crippen LogP contribution in [0.4, 0.5) is 16.2 Å². The number of likely N-dealkylation sites (tertiary alicyclic amines) is 1. The lowest BCUT2D eigenvalue weighted by atomic mass is 9.91. The van der Waals surface area contributed by atoms with Crippen LogP contribution >= 0.6 is 22.9 Å². The molecule has 1 aromatic carbocycles. The SMILES string of the molecule is O=C(c1ccc(Cl)s1)N1CCC2(CC1)CN(c1ccc(N3CCOCC3=O)cc1)C(=O)O2. The molecule has 2 aromatic rings. The molecule has 0 unspecified atom stereocenters. The van der Waals surface area contributed by atoms with E-state index in [4.69, 9.17) is 21.1 Å². The molecule has 3 aliphatic rings. The van der Waals surface area contributed by atoms with Crippen LogP contribution < -0.4 is 9.80 Å². The maximum atomic E-state index is 12.7. The molecule has 1 spiro atoms. The van der Waals surface area contributed by atoms with Crippen molar-refractivity contribution in [1.82, 2.24) is 4.90 Å². The molecule has 0 aliphatic carbocycles. The first-order valence-electron chi connectivity index (χ1n) is 10.5. The van der Waals surface area contributed by atoms with Crippen LogP contribution in [0.1, 0.15) is 22.5 Å². The monoisotopic (exact) mass is 475 g/mol. The van der Waals surface area contributed by atoms with E-state index in [1.807, 2.05) is 24.3 Å². The Kier molecular flexibility index (Phi) is 5.56. The predicted molar refractivity (Wildman–Crippen MR) is 121 cm³/mol. The molecule has 3 saturated heterocycles. The van der Waals surface area contributed by atoms with Gasteiger partial charge in [-0.25, -0.2) is 4.79 Å². The van der Waals surface area contributed by atoms with Crippen LogP contribution in [0.5, 0.6) is 0 Å². The first kappa shape index (κ1) is 21.2. The Morgan fingerprint density at radius 3 is 2.28 bits per heavy atom. The maximum Gasteiger partial charge on any atom is 0.415 e. The summed E-state index contributed by atoms with van der Waals surface area (Å²) in [6.07, 6.45) is 0.783. The van der Waals surface area contributed by atoms with Crippen LogP contribution in [0.2, 0.25) is 4.34 Å². The van der Waals surface area contributed by atoms with Crippen molar-refractivity contribution in [2.75, 3.05) is 49.2 Å². The highest BCUT2D eigenvalue weighted by atomic mass is 35.5. The quantitative estimate of drug-likeness (QED) is 0.679. The van der Waals surface area contributed by atoms with E-state index in [1.165, 1.54) is 11.3 Å². The number of ether oxygens (including phenoxy) is 2. The molecule has 0 saturated carbocycles. The number of anilines is 2. The van der Waals surface area contributed by atoms with Gasteiger partial charge < -0.3 is 19.3 Å². The smallest absolute Gasteiger partial charge is 0.415 e. The van der Waals surface area contributed by atoms with Crippen LogP contribution in [0.15, 0.2) is 36.4 Å². The molecule has 8 nitrogen and oxygen atoms in total. The number of carbonyl (C=O) groups is 3. The van der Waals surface area contributed by atoms with E-state index in [0.717, 1.165) is 11.4 Å². The summed E-state index contributed by atoms with van der Waals surface area (Å²) < 4.78 is 11.6. The van der Waals surface area contributed by atoms with Gasteiger partial charge in [0, 0.05) is 43.9 Å². The van der Waals surface area contributed by atoms with E-state index in [2.05, 4.69) is 0 Å². The van der Waals surface area contributed by atoms with Crippen LogP contribution in [-0.4, -0.2) is 67.8 Å². The number of rotatable bonds is 3. The number of halogens is 1. The Balaban J connectivity index is 1.23. The van der Waals surface area contributed by atoms with Gasteiger partial charge in [0.2, 0.25) is 0 Å². The van der Waals surface area contributed by atoms with Gasteiger partial charge in [-0.05, 0) is 36.4 Å². The normalized spacial score (nSPS) is 20.7. The molecule has 4 heterocycles. The molecule has 0 radical (unpaired) electrons. The maximum absolute atomic E-state index is 12.7. The second-order valence-electron chi connectivity index (χ2n) is 8.15. The molecule has 5 rings (SSSR count). The minimum absolute atomic E-state index is 0.0359. The van der Waals surface area contributed by atoms with Crippen LogP contribution in [0.25, 0.3) is 0 Å². The molecule has 10 heteroatoms. The van der Waals surface area contributed by atoms with Crippen molar-refractivity contribution in [2.24, 2.45) is 0 Å². The van der Waals surface area contributed by atoms with Gasteiger partial charge in [0.05, 0.1) is 22.4 Å². The molecule has 1 aromatic heterocycles. The summed E-state index contributed by atoms with van der Waals surface area (Å²) in [5.41, 5.74) is 0.910. The number of hydrogen-bond donors (Lipinski definition) is 0. The minimum atomic E-state index is -0.597. The third kappa shape index (κ3) is 3.96. The lowest BCUT2D eigenvalue weighted by Crippen LogP contribution is -2.48. The highest BCUT2D eigenvalue weighted by Crippen LogP contribution is 2.37. The Hall–Kier alpha value is -2.62. The standard InChI is InChI=1S/C22H22ClN3O5S/c23-18-6-5-17(32-18)20(28)24-9-7-22(8-10-24)14-26(21(29)31-22)16-3-1-15(2-4-16)25-11-12-30-13-19(25)27/h1-6H,7-14H2. The highest BCUT2D eigenvalue weighted by Gasteiger charge is 2.48. The molecular formula is C22H22ClN3O5S. The number of morpholine rings is 1. The van der Waals surface area contributed by atoms with Crippen molar-refractivity contribution in [3.63, 3.8) is 0 Å². The number of hydrogen-bond acceptors (Lipinski definition) is 6. The van der Waals surface area contributed by atoms with Gasteiger partial charge in [-0.1, -0.05) is 11.6 Å². The summed E-state index contributed by atoms with van der Waals surface area (Å²) in [5.74, 6) is -0.110. The number of piperidine rings is 1. The molecule has 0 N–H and O–H groups in total. The lowest BCUT2D eigenvalue weighted by molar-refractivity contribution is -0.125. The Morgan fingerprint density at radius 2 is 1.66 bits per heavy atom. The molecule has 168 valence electrons. The van der Waals surface area contributed by atoms with E-state index in [-0.39, 0.29) is 24.5 Å². The topological polar surface area (TPSA) is 79.4 Å². The fourth-order valence-corrected chi connectivity index (χ4v) is 5.40. The third-order valence-corrected chi connectivity index (χ3v) is 7.39. The summed E-state index contributed by atoms with van der Waals surface area (Å²) in [7, 11) is 0. The zero-order valence-electron chi connectivity index (χ0n) is 17.3. The molecular weight excluding hydrogens is 454 g/mol. The van der Waals surface area contributed by atoms with Crippen LogP contribution in [0.3, 0.4) is 0 Å². The van der Waals surface area contributed by atoms with Crippen molar-refractivity contribution < 1.29 is 23.9 Å². The number of amides is 3. The summed E-state index contributed by atoms with van der Waals surface area (Å²) in [4.78, 5) is 43.1. The van der Waals surface area contributed by atoms with Crippen molar-refractivity contribution in [2.45, 2.75) is 18.4 Å². The molecule has 3 aliphatic heterocycles. The number of thiophene rings is 1. The van der Waals surface area contributed by atoms with E-state index < -0.39 is 5.60 Å². The first-order valence-corrected chi connectivity index (χ1v) is 11.7. The zero-order valence-corrected chi connectivity index (χ0v) is 18.9. The first-order chi connectivity index (χ1) is 15.4. The number of benzene rings is 1. The van der Waals surface area contributed by atoms with Gasteiger partial charge in [0.15, 0.2) is 0 Å². The molecule has 32 heavy (non-hydrogen) atoms. The number of nitrogens with zero attached hydrogens (tertiary/aromatic N) is 3. The third-order valence-electron chi connectivity index (χ3n) is 6.18. The van der Waals surface area contributed by atoms with E-state index >= 15 is 0 Å². The Bertz CT molecular complexity index is 1050. The summed E-state index contributed by atoms with van der Waals surface area (Å²) in [5, 5.41) is 0. The molecule has 3 fully saturated rings. The van der Waals surface area contributed by atoms with Gasteiger partial charge >= 0.3 is 6.09 Å². The van der Waals surface area contributed by atoms with Gasteiger partial charge in [-0.2, -0.15) is 0 Å². The summed E-state index contributed by atoms with van der Waals surface area (Å²) in [6.45, 7) is 2.59. The molecule has 3 amide bonds. The van der Waals surface area contributed by atoms with E-state index in [0.29, 0.717) is 54.8 Å². The van der Waals surface area contributed by atoms with Gasteiger partial charge in [-0.3, -0.25) is 14.5 Å². The molecule has 0 atom stereocenters. The van der Waals surface area contributed by atoms with Gasteiger partial charge in [0.25, 0.3) is 11.8 Å². The van der Waals surface area contributed by atoms with E-state index in [9.17, 15) is 14.4 Å². The second-order valence-corrected chi connectivity index (χ2v) is 9.86. The fourth-order valence-electron chi connectivity index (χ4n) is 4.39. The highest BCUT2D eigenvalue weighted by molar-refractivity contribution is 7.17. The van der Waals surface area contributed by atoms with Crippen LogP contribution in [-0.2, 0) is 14.3 Å². The fraction of sp³-hybridized carbons (Fsp3) is 0.409. The van der Waals surface area contributed by atoms with Crippen molar-refractivity contribution >= 4 is 52.2 Å². The summed E-state index contributed by atoms with van der Waals surface area (Å²) >= 11 is 7.23. The van der Waals surface area contributed by atoms with Crippen LogP contribution in [0, 0.1) is 0 Å². The average molecular weight is 476 g/mol.